The van der Waals surface area contributed by atoms with Crippen LogP contribution in [-0.2, 0) is 0 Å². The summed E-state index contributed by atoms with van der Waals surface area (Å²) in [6, 6.07) is 63.3. The number of para-hydroxylation sites is 3. The van der Waals surface area contributed by atoms with Gasteiger partial charge in [-0.1, -0.05) is 127 Å². The van der Waals surface area contributed by atoms with E-state index in [1.807, 2.05) is 42.5 Å². The highest BCUT2D eigenvalue weighted by atomic mass is 15.1. The van der Waals surface area contributed by atoms with Gasteiger partial charge in [0.05, 0.1) is 22.1 Å². The molecule has 7 aromatic carbocycles. The van der Waals surface area contributed by atoms with Crippen molar-refractivity contribution in [2.75, 3.05) is 0 Å². The van der Waals surface area contributed by atoms with E-state index < -0.39 is 0 Å². The molecule has 0 aliphatic heterocycles. The van der Waals surface area contributed by atoms with Crippen LogP contribution in [-0.4, -0.2) is 29.1 Å². The van der Waals surface area contributed by atoms with E-state index in [4.69, 9.17) is 19.9 Å². The zero-order valence-electron chi connectivity index (χ0n) is 29.0. The Morgan fingerprint density at radius 3 is 1.67 bits per heavy atom. The number of rotatable bonds is 5. The molecular formula is C48H30N6. The average molecular weight is 691 g/mol. The highest BCUT2D eigenvalue weighted by molar-refractivity contribution is 6.19. The Morgan fingerprint density at radius 1 is 0.315 bits per heavy atom. The van der Waals surface area contributed by atoms with Crippen molar-refractivity contribution < 1.29 is 0 Å². The summed E-state index contributed by atoms with van der Waals surface area (Å²) in [6.07, 6.45) is 0. The van der Waals surface area contributed by atoms with Crippen molar-refractivity contribution in [3.05, 3.63) is 182 Å². The lowest BCUT2D eigenvalue weighted by molar-refractivity contribution is 1.03. The van der Waals surface area contributed by atoms with E-state index in [2.05, 4.69) is 149 Å². The second kappa shape index (κ2) is 12.1. The van der Waals surface area contributed by atoms with Crippen molar-refractivity contribution in [2.45, 2.75) is 0 Å². The Balaban J connectivity index is 1.14. The number of pyridine rings is 1. The maximum atomic E-state index is 5.31. The van der Waals surface area contributed by atoms with Crippen molar-refractivity contribution in [3.8, 4) is 45.8 Å². The van der Waals surface area contributed by atoms with Gasteiger partial charge in [0.15, 0.2) is 17.5 Å². The van der Waals surface area contributed by atoms with Gasteiger partial charge in [-0.15, -0.1) is 0 Å². The molecule has 0 radical (unpaired) electrons. The van der Waals surface area contributed by atoms with Crippen LogP contribution in [0.1, 0.15) is 0 Å². The molecule has 0 atom stereocenters. The summed E-state index contributed by atoms with van der Waals surface area (Å²) in [6.45, 7) is 0. The zero-order chi connectivity index (χ0) is 35.6. The monoisotopic (exact) mass is 690 g/mol. The summed E-state index contributed by atoms with van der Waals surface area (Å²) in [7, 11) is 0. The number of hydrogen-bond acceptors (Lipinski definition) is 4. The molecule has 0 aliphatic rings. The van der Waals surface area contributed by atoms with Crippen LogP contribution >= 0.6 is 0 Å². The fourth-order valence-corrected chi connectivity index (χ4v) is 7.87. The minimum absolute atomic E-state index is 0.515. The highest BCUT2D eigenvalue weighted by Crippen LogP contribution is 2.39. The average Bonchev–Trinajstić information content (AvgIpc) is 3.75. The van der Waals surface area contributed by atoms with Crippen LogP contribution in [0.5, 0.6) is 0 Å². The van der Waals surface area contributed by atoms with Crippen LogP contribution in [0.2, 0.25) is 0 Å². The quantitative estimate of drug-likeness (QED) is 0.180. The molecule has 6 nitrogen and oxygen atoms in total. The predicted molar refractivity (Wildman–Crippen MR) is 220 cm³/mol. The van der Waals surface area contributed by atoms with Gasteiger partial charge in [0, 0.05) is 38.4 Å². The summed E-state index contributed by atoms with van der Waals surface area (Å²) in [5.41, 5.74) is 8.10. The van der Waals surface area contributed by atoms with E-state index >= 15 is 0 Å². The second-order valence-electron chi connectivity index (χ2n) is 13.5. The standard InChI is InChI=1S/C48H30N6/c1-3-15-32(16-4-1)46-50-47(34-27-26-31-14-7-8-17-33(31)28-34)52-48(51-46)40-22-13-25-45(49-40)54-42-24-12-10-21-37(42)39-29-38-36-20-9-11-23-41(36)53(43(38)30-44(39)54)35-18-5-2-6-19-35/h1-30H. The molecule has 0 N–H and O–H groups in total. The minimum Gasteiger partial charge on any atom is -0.309 e. The van der Waals surface area contributed by atoms with E-state index in [9.17, 15) is 0 Å². The van der Waals surface area contributed by atoms with E-state index in [-0.39, 0.29) is 0 Å². The first-order valence-corrected chi connectivity index (χ1v) is 18.1. The van der Waals surface area contributed by atoms with Gasteiger partial charge in [-0.25, -0.2) is 19.9 Å². The van der Waals surface area contributed by atoms with Gasteiger partial charge >= 0.3 is 0 Å². The largest absolute Gasteiger partial charge is 0.309 e. The van der Waals surface area contributed by atoms with E-state index in [0.29, 0.717) is 23.2 Å². The Labute approximate surface area is 310 Å². The smallest absolute Gasteiger partial charge is 0.182 e. The molecule has 0 saturated heterocycles. The summed E-state index contributed by atoms with van der Waals surface area (Å²) in [5, 5.41) is 7.08. The molecule has 4 aromatic heterocycles. The van der Waals surface area contributed by atoms with Crippen LogP contribution in [0.4, 0.5) is 0 Å². The van der Waals surface area contributed by atoms with Gasteiger partial charge in [-0.2, -0.15) is 0 Å². The number of benzene rings is 7. The van der Waals surface area contributed by atoms with Crippen LogP contribution in [0.25, 0.3) is 100 Å². The predicted octanol–water partition coefficient (Wildman–Crippen LogP) is 11.6. The molecule has 0 spiro atoms. The summed E-state index contributed by atoms with van der Waals surface area (Å²) >= 11 is 0. The Morgan fingerprint density at radius 2 is 0.907 bits per heavy atom. The lowest BCUT2D eigenvalue weighted by atomic mass is 10.1. The van der Waals surface area contributed by atoms with Crippen molar-refractivity contribution in [1.82, 2.24) is 29.1 Å². The first-order chi connectivity index (χ1) is 26.8. The number of aromatic nitrogens is 6. The van der Waals surface area contributed by atoms with Gasteiger partial charge in [0.1, 0.15) is 11.5 Å². The van der Waals surface area contributed by atoms with Crippen LogP contribution in [0.3, 0.4) is 0 Å². The van der Waals surface area contributed by atoms with Gasteiger partial charge in [-0.05, 0) is 65.4 Å². The Hall–Kier alpha value is -7.44. The Bertz CT molecular complexity index is 3220. The third-order valence-electron chi connectivity index (χ3n) is 10.3. The molecular weight excluding hydrogens is 661 g/mol. The topological polar surface area (TPSA) is 61.4 Å². The van der Waals surface area contributed by atoms with Gasteiger partial charge in [0.2, 0.25) is 0 Å². The molecule has 11 rings (SSSR count). The van der Waals surface area contributed by atoms with Crippen LogP contribution < -0.4 is 0 Å². The fraction of sp³-hybridized carbons (Fsp3) is 0. The summed E-state index contributed by atoms with van der Waals surface area (Å²) in [4.78, 5) is 20.4. The molecule has 0 fully saturated rings. The van der Waals surface area contributed by atoms with Crippen molar-refractivity contribution >= 4 is 54.4 Å². The van der Waals surface area contributed by atoms with E-state index in [0.717, 1.165) is 44.6 Å². The number of hydrogen-bond donors (Lipinski definition) is 0. The summed E-state index contributed by atoms with van der Waals surface area (Å²) in [5.74, 6) is 2.50. The minimum atomic E-state index is 0.515. The normalized spacial score (nSPS) is 11.7. The molecule has 0 aliphatic carbocycles. The molecule has 6 heteroatoms. The number of fused-ring (bicyclic) bond motifs is 7. The maximum Gasteiger partial charge on any atom is 0.182 e. The molecule has 4 heterocycles. The van der Waals surface area contributed by atoms with Gasteiger partial charge < -0.3 is 4.57 Å². The molecule has 0 bridgehead atoms. The molecule has 0 unspecified atom stereocenters. The van der Waals surface area contributed by atoms with Crippen LogP contribution in [0, 0.1) is 0 Å². The third-order valence-corrected chi connectivity index (χ3v) is 10.3. The first-order valence-electron chi connectivity index (χ1n) is 18.1. The van der Waals surface area contributed by atoms with Crippen LogP contribution in [0.15, 0.2) is 182 Å². The van der Waals surface area contributed by atoms with Crippen molar-refractivity contribution in [3.63, 3.8) is 0 Å². The SMILES string of the molecule is c1ccc(-c2nc(-c3ccc4ccccc4c3)nc(-c3cccc(-n4c5ccccc5c5cc6c7ccccc7n(-c7ccccc7)c6cc54)n3)n2)cc1. The molecule has 0 saturated carbocycles. The Kier molecular flexibility index (Phi) is 6.75. The highest BCUT2D eigenvalue weighted by Gasteiger charge is 2.20. The van der Waals surface area contributed by atoms with Gasteiger partial charge in [-0.3, -0.25) is 4.57 Å². The van der Waals surface area contributed by atoms with E-state index in [1.54, 1.807) is 0 Å². The fourth-order valence-electron chi connectivity index (χ4n) is 7.87. The molecule has 11 aromatic rings. The van der Waals surface area contributed by atoms with Crippen molar-refractivity contribution in [2.24, 2.45) is 0 Å². The van der Waals surface area contributed by atoms with Crippen molar-refractivity contribution in [1.29, 1.82) is 0 Å². The second-order valence-corrected chi connectivity index (χ2v) is 13.5. The lowest BCUT2D eigenvalue weighted by Crippen LogP contribution is -2.03. The molecule has 54 heavy (non-hydrogen) atoms. The number of nitrogens with zero attached hydrogens (tertiary/aromatic N) is 6. The molecule has 252 valence electrons. The molecule has 0 amide bonds. The van der Waals surface area contributed by atoms with E-state index in [1.165, 1.54) is 32.4 Å². The maximum absolute atomic E-state index is 5.31. The summed E-state index contributed by atoms with van der Waals surface area (Å²) < 4.78 is 4.63. The lowest BCUT2D eigenvalue weighted by Gasteiger charge is -2.11. The third kappa shape index (κ3) is 4.81. The van der Waals surface area contributed by atoms with Gasteiger partial charge in [0.25, 0.3) is 0 Å². The zero-order valence-corrected chi connectivity index (χ0v) is 29.0. The first kappa shape index (κ1) is 30.2.